The van der Waals surface area contributed by atoms with E-state index in [1.54, 1.807) is 6.07 Å². The highest BCUT2D eigenvalue weighted by molar-refractivity contribution is 6.32. The summed E-state index contributed by atoms with van der Waals surface area (Å²) in [5.74, 6) is -3.02. The van der Waals surface area contributed by atoms with E-state index in [0.717, 1.165) is 6.92 Å². The molecule has 0 unspecified atom stereocenters. The summed E-state index contributed by atoms with van der Waals surface area (Å²) >= 11 is 0. The van der Waals surface area contributed by atoms with Crippen molar-refractivity contribution < 1.29 is 32.6 Å². The molecule has 1 amide bonds. The number of amides is 1. The van der Waals surface area contributed by atoms with Crippen LogP contribution in [0.2, 0.25) is 0 Å². The van der Waals surface area contributed by atoms with Crippen molar-refractivity contribution in [1.82, 2.24) is 0 Å². The first-order valence-corrected chi connectivity index (χ1v) is 6.25. The van der Waals surface area contributed by atoms with E-state index in [0.29, 0.717) is 10.8 Å². The van der Waals surface area contributed by atoms with Crippen LogP contribution in [0, 0.1) is 0 Å². The Labute approximate surface area is 128 Å². The minimum atomic E-state index is -5.18. The molecule has 0 radical (unpaired) electrons. The van der Waals surface area contributed by atoms with Crippen molar-refractivity contribution in [3.63, 3.8) is 0 Å². The van der Waals surface area contributed by atoms with Gasteiger partial charge in [0.15, 0.2) is 5.57 Å². The van der Waals surface area contributed by atoms with E-state index in [1.807, 2.05) is 0 Å². The van der Waals surface area contributed by atoms with Gasteiger partial charge in [-0.15, -0.1) is 0 Å². The van der Waals surface area contributed by atoms with Crippen molar-refractivity contribution in [1.29, 1.82) is 0 Å². The SMILES string of the molecule is COc1cccc(N2N=C(C)C(=C(C(=O)O)C(F)(F)F)C2=O)c1. The fraction of sp³-hybridized carbons (Fsp3) is 0.214. The molecule has 2 rings (SSSR count). The number of halogens is 3. The quantitative estimate of drug-likeness (QED) is 0.864. The normalized spacial score (nSPS) is 17.2. The number of carbonyl (C=O) groups excluding carboxylic acids is 1. The van der Waals surface area contributed by atoms with E-state index in [2.05, 4.69) is 5.10 Å². The number of hydrogen-bond donors (Lipinski definition) is 1. The third-order valence-corrected chi connectivity index (χ3v) is 3.06. The van der Waals surface area contributed by atoms with Gasteiger partial charge in [0.25, 0.3) is 5.91 Å². The van der Waals surface area contributed by atoms with Crippen molar-refractivity contribution in [3.8, 4) is 5.75 Å². The van der Waals surface area contributed by atoms with Crippen LogP contribution in [0.25, 0.3) is 0 Å². The molecule has 0 aromatic heterocycles. The van der Waals surface area contributed by atoms with Crippen LogP contribution in [0.3, 0.4) is 0 Å². The average molecular weight is 328 g/mol. The topological polar surface area (TPSA) is 79.2 Å². The number of alkyl halides is 3. The number of methoxy groups -OCH3 is 1. The first kappa shape index (κ1) is 16.5. The van der Waals surface area contributed by atoms with E-state index < -0.39 is 29.2 Å². The molecule has 0 saturated heterocycles. The number of anilines is 1. The minimum absolute atomic E-state index is 0.163. The molecule has 23 heavy (non-hydrogen) atoms. The van der Waals surface area contributed by atoms with Gasteiger partial charge >= 0.3 is 12.1 Å². The molecule has 1 heterocycles. The number of carboxylic acids is 1. The molecule has 1 aromatic carbocycles. The lowest BCUT2D eigenvalue weighted by molar-refractivity contribution is -0.145. The summed E-state index contributed by atoms with van der Waals surface area (Å²) in [4.78, 5) is 23.2. The minimum Gasteiger partial charge on any atom is -0.497 e. The first-order chi connectivity index (χ1) is 10.7. The van der Waals surface area contributed by atoms with E-state index >= 15 is 0 Å². The second-order valence-corrected chi connectivity index (χ2v) is 4.56. The largest absolute Gasteiger partial charge is 0.497 e. The van der Waals surface area contributed by atoms with Crippen LogP contribution in [0.1, 0.15) is 6.92 Å². The molecule has 0 saturated carbocycles. The van der Waals surface area contributed by atoms with Crippen LogP contribution >= 0.6 is 0 Å². The third kappa shape index (κ3) is 3.03. The Morgan fingerprint density at radius 2 is 2.00 bits per heavy atom. The summed E-state index contributed by atoms with van der Waals surface area (Å²) in [5.41, 5.74) is -3.08. The lowest BCUT2D eigenvalue weighted by Gasteiger charge is -2.14. The Hall–Kier alpha value is -2.84. The molecule has 122 valence electrons. The Balaban J connectivity index is 2.56. The predicted molar refractivity (Wildman–Crippen MR) is 74.3 cm³/mol. The van der Waals surface area contributed by atoms with Gasteiger partial charge in [-0.05, 0) is 19.1 Å². The number of rotatable bonds is 3. The molecule has 6 nitrogen and oxygen atoms in total. The number of hydrogen-bond acceptors (Lipinski definition) is 4. The fourth-order valence-corrected chi connectivity index (χ4v) is 2.08. The van der Waals surface area contributed by atoms with Gasteiger partial charge in [0.2, 0.25) is 0 Å². The molecule has 0 bridgehead atoms. The second-order valence-electron chi connectivity index (χ2n) is 4.56. The van der Waals surface area contributed by atoms with Crippen LogP contribution in [-0.4, -0.2) is 36.0 Å². The fourth-order valence-electron chi connectivity index (χ4n) is 2.08. The summed E-state index contributed by atoms with van der Waals surface area (Å²) in [6.45, 7) is 1.14. The zero-order valence-electron chi connectivity index (χ0n) is 12.0. The smallest absolute Gasteiger partial charge is 0.424 e. The van der Waals surface area contributed by atoms with Gasteiger partial charge in [-0.25, -0.2) is 4.79 Å². The zero-order chi connectivity index (χ0) is 17.4. The van der Waals surface area contributed by atoms with Crippen LogP contribution in [-0.2, 0) is 9.59 Å². The molecule has 0 atom stereocenters. The zero-order valence-corrected chi connectivity index (χ0v) is 12.0. The van der Waals surface area contributed by atoms with Gasteiger partial charge in [0, 0.05) is 6.07 Å². The number of nitrogens with zero attached hydrogens (tertiary/aromatic N) is 2. The Morgan fingerprint density at radius 1 is 1.35 bits per heavy atom. The summed E-state index contributed by atoms with van der Waals surface area (Å²) in [6.07, 6.45) is -5.18. The molecule has 1 aromatic rings. The molecular weight excluding hydrogens is 317 g/mol. The first-order valence-electron chi connectivity index (χ1n) is 6.25. The van der Waals surface area contributed by atoms with Gasteiger partial charge in [0.1, 0.15) is 5.75 Å². The van der Waals surface area contributed by atoms with E-state index in [1.165, 1.54) is 25.3 Å². The van der Waals surface area contributed by atoms with Gasteiger partial charge in [-0.1, -0.05) is 6.07 Å². The molecule has 1 aliphatic rings. The maximum atomic E-state index is 12.9. The number of ether oxygens (including phenoxy) is 1. The van der Waals surface area contributed by atoms with Crippen molar-refractivity contribution in [2.24, 2.45) is 5.10 Å². The summed E-state index contributed by atoms with van der Waals surface area (Å²) in [5, 5.41) is 13.3. The number of carboxylic acid groups (broad SMARTS) is 1. The van der Waals surface area contributed by atoms with Crippen molar-refractivity contribution in [2.45, 2.75) is 13.1 Å². The summed E-state index contributed by atoms with van der Waals surface area (Å²) < 4.78 is 43.8. The maximum Gasteiger partial charge on any atom is 0.424 e. The molecule has 9 heteroatoms. The highest BCUT2D eigenvalue weighted by Crippen LogP contribution is 2.34. The predicted octanol–water partition coefficient (Wildman–Crippen LogP) is 2.36. The van der Waals surface area contributed by atoms with Crippen LogP contribution in [0.4, 0.5) is 18.9 Å². The average Bonchev–Trinajstić information content (AvgIpc) is 2.74. The molecular formula is C14H11F3N2O4. The standard InChI is InChI=1S/C14H11F3N2O4/c1-7-10(11(13(21)22)14(15,16)17)12(20)19(18-7)8-4-3-5-9(6-8)23-2/h3-6H,1-2H3,(H,21,22). The lowest BCUT2D eigenvalue weighted by Crippen LogP contribution is -2.29. The van der Waals surface area contributed by atoms with Gasteiger partial charge in [-0.2, -0.15) is 23.3 Å². The van der Waals surface area contributed by atoms with Gasteiger partial charge in [-0.3, -0.25) is 4.79 Å². The van der Waals surface area contributed by atoms with Crippen LogP contribution < -0.4 is 9.75 Å². The second kappa shape index (κ2) is 5.75. The van der Waals surface area contributed by atoms with E-state index in [-0.39, 0.29) is 11.4 Å². The molecule has 1 N–H and O–H groups in total. The molecule has 0 aliphatic carbocycles. The lowest BCUT2D eigenvalue weighted by atomic mass is 10.0. The van der Waals surface area contributed by atoms with Crippen molar-refractivity contribution >= 4 is 23.3 Å². The van der Waals surface area contributed by atoms with E-state index in [9.17, 15) is 22.8 Å². The van der Waals surface area contributed by atoms with Crippen LogP contribution in [0.15, 0.2) is 40.5 Å². The molecule has 1 aliphatic heterocycles. The number of benzene rings is 1. The maximum absolute atomic E-state index is 12.9. The third-order valence-electron chi connectivity index (χ3n) is 3.06. The number of aliphatic carboxylic acids is 1. The Bertz CT molecular complexity index is 738. The van der Waals surface area contributed by atoms with Crippen molar-refractivity contribution in [3.05, 3.63) is 35.4 Å². The Kier molecular flexibility index (Phi) is 4.13. The summed E-state index contributed by atoms with van der Waals surface area (Å²) in [6, 6.07) is 5.94. The van der Waals surface area contributed by atoms with Gasteiger partial charge < -0.3 is 9.84 Å². The summed E-state index contributed by atoms with van der Waals surface area (Å²) in [7, 11) is 1.39. The highest BCUT2D eigenvalue weighted by Gasteiger charge is 2.46. The Morgan fingerprint density at radius 3 is 2.52 bits per heavy atom. The van der Waals surface area contributed by atoms with E-state index in [4.69, 9.17) is 9.84 Å². The molecule has 0 fully saturated rings. The molecule has 0 spiro atoms. The van der Waals surface area contributed by atoms with Gasteiger partial charge in [0.05, 0.1) is 24.1 Å². The monoisotopic (exact) mass is 328 g/mol. The number of carbonyl (C=O) groups is 2. The number of hydrazone groups is 1. The van der Waals surface area contributed by atoms with Crippen molar-refractivity contribution in [2.75, 3.05) is 12.1 Å². The van der Waals surface area contributed by atoms with Crippen LogP contribution in [0.5, 0.6) is 5.75 Å². The highest BCUT2D eigenvalue weighted by atomic mass is 19.4.